The lowest BCUT2D eigenvalue weighted by Gasteiger charge is -2.10. The van der Waals surface area contributed by atoms with Crippen molar-refractivity contribution < 1.29 is 4.39 Å². The first-order valence-electron chi connectivity index (χ1n) is 4.20. The molecule has 0 fully saturated rings. The molecule has 0 bridgehead atoms. The van der Waals surface area contributed by atoms with Gasteiger partial charge in [0.2, 0.25) is 0 Å². The van der Waals surface area contributed by atoms with E-state index in [0.717, 1.165) is 12.0 Å². The van der Waals surface area contributed by atoms with Crippen LogP contribution >= 0.6 is 0 Å². The minimum atomic E-state index is -0.126. The minimum absolute atomic E-state index is 0.126. The van der Waals surface area contributed by atoms with Gasteiger partial charge in [-0.3, -0.25) is 0 Å². The number of hydrogen-bond donors (Lipinski definition) is 1. The van der Waals surface area contributed by atoms with Crippen molar-refractivity contribution in [2.24, 2.45) is 5.73 Å². The number of nitrogens with two attached hydrogens (primary N) is 1. The van der Waals surface area contributed by atoms with Gasteiger partial charge in [-0.05, 0) is 30.5 Å². The predicted octanol–water partition coefficient (Wildman–Crippen LogP) is 2.28. The first kappa shape index (κ1) is 9.20. The average molecular weight is 167 g/mol. The Balaban J connectivity index is 2.79. The minimum Gasteiger partial charge on any atom is -0.330 e. The molecule has 0 aliphatic carbocycles. The lowest BCUT2D eigenvalue weighted by Crippen LogP contribution is -2.05. The molecular weight excluding hydrogens is 153 g/mol. The molecule has 1 aromatic carbocycles. The topological polar surface area (TPSA) is 26.0 Å². The van der Waals surface area contributed by atoms with Gasteiger partial charge in [-0.15, -0.1) is 0 Å². The van der Waals surface area contributed by atoms with Gasteiger partial charge in [-0.1, -0.05) is 25.1 Å². The third-order valence-electron chi connectivity index (χ3n) is 2.04. The second kappa shape index (κ2) is 4.21. The molecule has 0 radical (unpaired) electrons. The highest BCUT2D eigenvalue weighted by atomic mass is 19.1. The van der Waals surface area contributed by atoms with Crippen molar-refractivity contribution in [3.05, 3.63) is 35.6 Å². The summed E-state index contributed by atoms with van der Waals surface area (Å²) in [5, 5.41) is 0. The molecule has 0 spiro atoms. The van der Waals surface area contributed by atoms with Crippen LogP contribution in [0.15, 0.2) is 24.3 Å². The van der Waals surface area contributed by atoms with Crippen LogP contribution in [0.5, 0.6) is 0 Å². The zero-order chi connectivity index (χ0) is 8.97. The van der Waals surface area contributed by atoms with Crippen LogP contribution in [0.4, 0.5) is 4.39 Å². The van der Waals surface area contributed by atoms with Crippen LogP contribution in [0.25, 0.3) is 0 Å². The summed E-state index contributed by atoms with van der Waals surface area (Å²) < 4.78 is 13.1. The fourth-order valence-corrected chi connectivity index (χ4v) is 1.28. The highest BCUT2D eigenvalue weighted by molar-refractivity contribution is 5.20. The van der Waals surface area contributed by atoms with E-state index in [9.17, 15) is 4.39 Å². The zero-order valence-electron chi connectivity index (χ0n) is 7.26. The largest absolute Gasteiger partial charge is 0.330 e. The van der Waals surface area contributed by atoms with E-state index in [2.05, 4.69) is 0 Å². The summed E-state index contributed by atoms with van der Waals surface area (Å²) in [6.45, 7) is 2.60. The van der Waals surface area contributed by atoms with Crippen LogP contribution in [0, 0.1) is 5.82 Å². The molecule has 2 N–H and O–H groups in total. The van der Waals surface area contributed by atoms with Gasteiger partial charge in [-0.25, -0.2) is 4.39 Å². The summed E-state index contributed by atoms with van der Waals surface area (Å²) in [7, 11) is 0. The molecule has 12 heavy (non-hydrogen) atoms. The van der Waals surface area contributed by atoms with E-state index in [4.69, 9.17) is 5.73 Å². The van der Waals surface area contributed by atoms with Crippen LogP contribution in [-0.2, 0) is 0 Å². The van der Waals surface area contributed by atoms with Gasteiger partial charge in [0.25, 0.3) is 0 Å². The van der Waals surface area contributed by atoms with Crippen molar-refractivity contribution in [3.63, 3.8) is 0 Å². The summed E-state index contributed by atoms with van der Waals surface area (Å²) in [6.07, 6.45) is 0.834. The average Bonchev–Trinajstić information content (AvgIpc) is 2.05. The third-order valence-corrected chi connectivity index (χ3v) is 2.04. The third kappa shape index (κ3) is 2.05. The van der Waals surface area contributed by atoms with E-state index < -0.39 is 0 Å². The maximum absolute atomic E-state index is 13.1. The number of halogens is 1. The Morgan fingerprint density at radius 1 is 1.42 bits per heavy atom. The van der Waals surface area contributed by atoms with Gasteiger partial charge in [0.05, 0.1) is 0 Å². The Kier molecular flexibility index (Phi) is 3.23. The smallest absolute Gasteiger partial charge is 0.126 e. The molecule has 0 saturated heterocycles. The van der Waals surface area contributed by atoms with Crippen molar-refractivity contribution in [2.45, 2.75) is 19.3 Å². The molecule has 0 aliphatic rings. The first-order chi connectivity index (χ1) is 5.75. The number of rotatable bonds is 3. The molecule has 1 unspecified atom stereocenters. The quantitative estimate of drug-likeness (QED) is 0.734. The molecule has 1 atom stereocenters. The summed E-state index contributed by atoms with van der Waals surface area (Å²) in [5.74, 6) is 0.0923. The Hall–Kier alpha value is -0.890. The lowest BCUT2D eigenvalue weighted by molar-refractivity contribution is 0.577. The molecule has 0 aliphatic heterocycles. The summed E-state index contributed by atoms with van der Waals surface area (Å²) in [6, 6.07) is 6.86. The molecule has 0 amide bonds. The Morgan fingerprint density at radius 3 is 2.67 bits per heavy atom. The van der Waals surface area contributed by atoms with Crippen LogP contribution in [0.1, 0.15) is 24.8 Å². The van der Waals surface area contributed by atoms with Gasteiger partial charge in [0.1, 0.15) is 5.82 Å². The second-order valence-electron chi connectivity index (χ2n) is 3.00. The Bertz CT molecular complexity index is 247. The molecule has 66 valence electrons. The predicted molar refractivity (Wildman–Crippen MR) is 48.5 cm³/mol. The molecule has 1 rings (SSSR count). The fourth-order valence-electron chi connectivity index (χ4n) is 1.28. The summed E-state index contributed by atoms with van der Waals surface area (Å²) in [4.78, 5) is 0. The lowest BCUT2D eigenvalue weighted by atomic mass is 9.97. The molecule has 2 heteroatoms. The molecule has 0 aromatic heterocycles. The van der Waals surface area contributed by atoms with E-state index in [1.54, 1.807) is 6.07 Å². The number of benzene rings is 1. The zero-order valence-corrected chi connectivity index (χ0v) is 7.26. The van der Waals surface area contributed by atoms with Crippen molar-refractivity contribution >= 4 is 0 Å². The van der Waals surface area contributed by atoms with Crippen LogP contribution in [0.2, 0.25) is 0 Å². The highest BCUT2D eigenvalue weighted by Crippen LogP contribution is 2.20. The van der Waals surface area contributed by atoms with Crippen molar-refractivity contribution in [1.29, 1.82) is 0 Å². The van der Waals surface area contributed by atoms with Crippen molar-refractivity contribution in [2.75, 3.05) is 6.54 Å². The summed E-state index contributed by atoms with van der Waals surface area (Å²) >= 11 is 0. The normalized spacial score (nSPS) is 12.9. The van der Waals surface area contributed by atoms with Gasteiger partial charge in [0.15, 0.2) is 0 Å². The van der Waals surface area contributed by atoms with Crippen LogP contribution in [-0.4, -0.2) is 6.54 Å². The standard InChI is InChI=1S/C10H14FN/c1-8(6-7-12)9-4-2-3-5-10(9)11/h2-5,8H,6-7,12H2,1H3. The van der Waals surface area contributed by atoms with E-state index in [0.29, 0.717) is 6.54 Å². The first-order valence-corrected chi connectivity index (χ1v) is 4.20. The van der Waals surface area contributed by atoms with Crippen molar-refractivity contribution in [1.82, 2.24) is 0 Å². The SMILES string of the molecule is CC(CCN)c1ccccc1F. The highest BCUT2D eigenvalue weighted by Gasteiger charge is 2.08. The Labute approximate surface area is 72.4 Å². The molecule has 1 nitrogen and oxygen atoms in total. The van der Waals surface area contributed by atoms with Crippen LogP contribution in [0.3, 0.4) is 0 Å². The molecule has 1 aromatic rings. The van der Waals surface area contributed by atoms with E-state index in [1.165, 1.54) is 6.07 Å². The van der Waals surface area contributed by atoms with Crippen LogP contribution < -0.4 is 5.73 Å². The van der Waals surface area contributed by atoms with Crippen molar-refractivity contribution in [3.8, 4) is 0 Å². The molecular formula is C10H14FN. The van der Waals surface area contributed by atoms with E-state index in [-0.39, 0.29) is 11.7 Å². The second-order valence-corrected chi connectivity index (χ2v) is 3.00. The van der Waals surface area contributed by atoms with Gasteiger partial charge in [0, 0.05) is 0 Å². The molecule has 0 saturated carbocycles. The van der Waals surface area contributed by atoms with Gasteiger partial charge >= 0.3 is 0 Å². The van der Waals surface area contributed by atoms with Gasteiger partial charge in [-0.2, -0.15) is 0 Å². The fraction of sp³-hybridized carbons (Fsp3) is 0.400. The number of hydrogen-bond acceptors (Lipinski definition) is 1. The van der Waals surface area contributed by atoms with E-state index >= 15 is 0 Å². The summed E-state index contributed by atoms with van der Waals surface area (Å²) in [5.41, 5.74) is 6.16. The molecule has 0 heterocycles. The van der Waals surface area contributed by atoms with Gasteiger partial charge < -0.3 is 5.73 Å². The maximum Gasteiger partial charge on any atom is 0.126 e. The van der Waals surface area contributed by atoms with E-state index in [1.807, 2.05) is 19.1 Å². The monoisotopic (exact) mass is 167 g/mol. The maximum atomic E-state index is 13.1. The Morgan fingerprint density at radius 2 is 2.08 bits per heavy atom.